The van der Waals surface area contributed by atoms with E-state index in [1.807, 2.05) is 0 Å². The van der Waals surface area contributed by atoms with E-state index in [0.29, 0.717) is 5.92 Å². The topological polar surface area (TPSA) is 33.1 Å². The number of imidazole rings is 1. The van der Waals surface area contributed by atoms with Crippen LogP contribution in [0.2, 0.25) is 0 Å². The van der Waals surface area contributed by atoms with Crippen LogP contribution in [0, 0.1) is 5.92 Å². The molecular weight excluding hydrogens is 284 g/mol. The Morgan fingerprint density at radius 3 is 2.61 bits per heavy atom. The average Bonchev–Trinajstić information content (AvgIpc) is 2.96. The van der Waals surface area contributed by atoms with Crippen LogP contribution >= 0.6 is 0 Å². The molecule has 1 N–H and O–H groups in total. The van der Waals surface area contributed by atoms with Crippen molar-refractivity contribution < 1.29 is 0 Å². The van der Waals surface area contributed by atoms with Crippen molar-refractivity contribution in [2.24, 2.45) is 5.92 Å². The van der Waals surface area contributed by atoms with Crippen molar-refractivity contribution in [2.45, 2.75) is 38.1 Å². The monoisotopic (exact) mass is 312 g/mol. The number of rotatable bonds is 3. The van der Waals surface area contributed by atoms with E-state index in [9.17, 15) is 0 Å². The van der Waals surface area contributed by atoms with Gasteiger partial charge in [-0.15, -0.1) is 0 Å². The van der Waals surface area contributed by atoms with Crippen molar-refractivity contribution in [1.82, 2.24) is 19.8 Å². The maximum Gasteiger partial charge on any atom is 0.113 e. The maximum atomic E-state index is 5.04. The number of nitrogens with one attached hydrogen (secondary N) is 1. The molecule has 0 spiro atoms. The molecule has 2 saturated heterocycles. The summed E-state index contributed by atoms with van der Waals surface area (Å²) in [6.07, 6.45) is 5.07. The number of hydrogen-bond acceptors (Lipinski definition) is 3. The SMILES string of the molecule is CN1CCC(Cn2c(C3CCNCC3)nc3ccccc32)CC1. The summed E-state index contributed by atoms with van der Waals surface area (Å²) in [5, 5.41) is 3.48. The number of nitrogens with zero attached hydrogens (tertiary/aromatic N) is 3. The van der Waals surface area contributed by atoms with Crippen LogP contribution in [0.1, 0.15) is 37.4 Å². The van der Waals surface area contributed by atoms with Gasteiger partial charge >= 0.3 is 0 Å². The number of likely N-dealkylation sites (tertiary alicyclic amines) is 1. The molecule has 1 aromatic carbocycles. The van der Waals surface area contributed by atoms with E-state index < -0.39 is 0 Å². The molecule has 124 valence electrons. The molecular formula is C19H28N4. The lowest BCUT2D eigenvalue weighted by Crippen LogP contribution is -2.33. The minimum atomic E-state index is 0.620. The van der Waals surface area contributed by atoms with E-state index in [2.05, 4.69) is 46.1 Å². The number of benzene rings is 1. The first-order chi connectivity index (χ1) is 11.3. The molecule has 0 atom stereocenters. The van der Waals surface area contributed by atoms with E-state index in [-0.39, 0.29) is 0 Å². The lowest BCUT2D eigenvalue weighted by Gasteiger charge is -2.30. The fourth-order valence-electron chi connectivity index (χ4n) is 4.18. The van der Waals surface area contributed by atoms with Gasteiger partial charge in [-0.2, -0.15) is 0 Å². The standard InChI is InChI=1S/C19H28N4/c1-22-12-8-15(9-13-22)14-23-18-5-3-2-4-17(18)21-19(23)16-6-10-20-11-7-16/h2-5,15-16,20H,6-14H2,1H3. The van der Waals surface area contributed by atoms with Gasteiger partial charge in [-0.3, -0.25) is 0 Å². The highest BCUT2D eigenvalue weighted by molar-refractivity contribution is 5.76. The van der Waals surface area contributed by atoms with E-state index in [1.54, 1.807) is 0 Å². The molecule has 2 aliphatic rings. The summed E-state index contributed by atoms with van der Waals surface area (Å²) in [5.41, 5.74) is 2.51. The first kappa shape index (κ1) is 15.2. The summed E-state index contributed by atoms with van der Waals surface area (Å²) in [5.74, 6) is 2.76. The highest BCUT2D eigenvalue weighted by Crippen LogP contribution is 2.30. The van der Waals surface area contributed by atoms with Crippen LogP contribution in [0.25, 0.3) is 11.0 Å². The first-order valence-electron chi connectivity index (χ1n) is 9.15. The molecule has 0 saturated carbocycles. The van der Waals surface area contributed by atoms with Gasteiger partial charge in [0, 0.05) is 12.5 Å². The van der Waals surface area contributed by atoms with Crippen LogP contribution in [0.4, 0.5) is 0 Å². The van der Waals surface area contributed by atoms with E-state index in [1.165, 1.54) is 55.6 Å². The summed E-state index contributed by atoms with van der Waals surface area (Å²) in [7, 11) is 2.24. The molecule has 0 aliphatic carbocycles. The highest BCUT2D eigenvalue weighted by atomic mass is 15.1. The van der Waals surface area contributed by atoms with Gasteiger partial charge in [0.25, 0.3) is 0 Å². The van der Waals surface area contributed by atoms with Gasteiger partial charge in [-0.25, -0.2) is 4.98 Å². The second kappa shape index (κ2) is 6.62. The van der Waals surface area contributed by atoms with E-state index in [4.69, 9.17) is 4.98 Å². The van der Waals surface area contributed by atoms with Crippen LogP contribution in [-0.4, -0.2) is 47.7 Å². The Morgan fingerprint density at radius 2 is 1.83 bits per heavy atom. The molecule has 4 rings (SSSR count). The summed E-state index contributed by atoms with van der Waals surface area (Å²) >= 11 is 0. The van der Waals surface area contributed by atoms with Crippen LogP contribution in [-0.2, 0) is 6.54 Å². The zero-order valence-corrected chi connectivity index (χ0v) is 14.2. The van der Waals surface area contributed by atoms with Gasteiger partial charge in [0.15, 0.2) is 0 Å². The van der Waals surface area contributed by atoms with Crippen LogP contribution in [0.3, 0.4) is 0 Å². The van der Waals surface area contributed by atoms with Gasteiger partial charge < -0.3 is 14.8 Å². The largest absolute Gasteiger partial charge is 0.327 e. The Labute approximate surface area is 138 Å². The Morgan fingerprint density at radius 1 is 1.09 bits per heavy atom. The number of aromatic nitrogens is 2. The second-order valence-electron chi connectivity index (χ2n) is 7.34. The van der Waals surface area contributed by atoms with Crippen molar-refractivity contribution in [3.63, 3.8) is 0 Å². The summed E-state index contributed by atoms with van der Waals surface area (Å²) in [6.45, 7) is 5.87. The van der Waals surface area contributed by atoms with Gasteiger partial charge in [-0.1, -0.05) is 12.1 Å². The van der Waals surface area contributed by atoms with Crippen molar-refractivity contribution >= 4 is 11.0 Å². The molecule has 1 aromatic heterocycles. The lowest BCUT2D eigenvalue weighted by molar-refractivity contribution is 0.204. The molecule has 0 radical (unpaired) electrons. The molecule has 3 heterocycles. The number of fused-ring (bicyclic) bond motifs is 1. The van der Waals surface area contributed by atoms with Crippen LogP contribution in [0.15, 0.2) is 24.3 Å². The summed E-state index contributed by atoms with van der Waals surface area (Å²) < 4.78 is 2.56. The molecule has 2 aromatic rings. The molecule has 0 bridgehead atoms. The second-order valence-corrected chi connectivity index (χ2v) is 7.34. The fourth-order valence-corrected chi connectivity index (χ4v) is 4.18. The van der Waals surface area contributed by atoms with Gasteiger partial charge in [0.2, 0.25) is 0 Å². The molecule has 0 amide bonds. The minimum absolute atomic E-state index is 0.620. The van der Waals surface area contributed by atoms with Gasteiger partial charge in [0.05, 0.1) is 11.0 Å². The highest BCUT2D eigenvalue weighted by Gasteiger charge is 2.25. The number of piperidine rings is 2. The van der Waals surface area contributed by atoms with Crippen molar-refractivity contribution in [1.29, 1.82) is 0 Å². The Bertz CT molecular complexity index is 648. The molecule has 23 heavy (non-hydrogen) atoms. The van der Waals surface area contributed by atoms with Crippen molar-refractivity contribution in [2.75, 3.05) is 33.2 Å². The fraction of sp³-hybridized carbons (Fsp3) is 0.632. The first-order valence-corrected chi connectivity index (χ1v) is 9.15. The Kier molecular flexibility index (Phi) is 4.36. The molecule has 2 fully saturated rings. The molecule has 4 nitrogen and oxygen atoms in total. The maximum absolute atomic E-state index is 5.04. The summed E-state index contributed by atoms with van der Waals surface area (Å²) in [6, 6.07) is 8.69. The smallest absolute Gasteiger partial charge is 0.113 e. The normalized spacial score (nSPS) is 22.0. The van der Waals surface area contributed by atoms with Crippen molar-refractivity contribution in [3.05, 3.63) is 30.1 Å². The lowest BCUT2D eigenvalue weighted by atomic mass is 9.95. The third-order valence-electron chi connectivity index (χ3n) is 5.67. The number of para-hydroxylation sites is 2. The van der Waals surface area contributed by atoms with E-state index >= 15 is 0 Å². The zero-order valence-electron chi connectivity index (χ0n) is 14.2. The van der Waals surface area contributed by atoms with Crippen LogP contribution in [0.5, 0.6) is 0 Å². The zero-order chi connectivity index (χ0) is 15.6. The third-order valence-corrected chi connectivity index (χ3v) is 5.67. The predicted octanol–water partition coefficient (Wildman–Crippen LogP) is 2.85. The minimum Gasteiger partial charge on any atom is -0.327 e. The number of hydrogen-bond donors (Lipinski definition) is 1. The predicted molar refractivity (Wildman–Crippen MR) is 94.8 cm³/mol. The summed E-state index contributed by atoms with van der Waals surface area (Å²) in [4.78, 5) is 7.50. The molecule has 0 unspecified atom stereocenters. The van der Waals surface area contributed by atoms with Gasteiger partial charge in [0.1, 0.15) is 5.82 Å². The Balaban J connectivity index is 1.65. The Hall–Kier alpha value is -1.39. The van der Waals surface area contributed by atoms with E-state index in [0.717, 1.165) is 25.6 Å². The molecule has 4 heteroatoms. The van der Waals surface area contributed by atoms with Crippen molar-refractivity contribution in [3.8, 4) is 0 Å². The quantitative estimate of drug-likeness (QED) is 0.946. The average molecular weight is 312 g/mol. The van der Waals surface area contributed by atoms with Crippen LogP contribution < -0.4 is 5.32 Å². The third kappa shape index (κ3) is 3.15. The molecule has 2 aliphatic heterocycles. The van der Waals surface area contributed by atoms with Gasteiger partial charge in [-0.05, 0) is 77.0 Å².